The first kappa shape index (κ1) is 23.9. The number of hydrogen-bond donors (Lipinski definition) is 0. The van der Waals surface area contributed by atoms with Crippen molar-refractivity contribution < 1.29 is 45.6 Å². The number of carbonyl (C=O) groups is 1. The summed E-state index contributed by atoms with van der Waals surface area (Å²) in [6.45, 7) is 1.35. The van der Waals surface area contributed by atoms with Crippen LogP contribution in [0.15, 0.2) is 29.0 Å². The predicted molar refractivity (Wildman–Crippen MR) is 101 cm³/mol. The molecule has 12 heteroatoms. The van der Waals surface area contributed by atoms with Gasteiger partial charge < -0.3 is 14.4 Å². The van der Waals surface area contributed by atoms with Gasteiger partial charge in [0.05, 0.1) is 0 Å². The number of rotatable bonds is 7. The third-order valence-electron chi connectivity index (χ3n) is 4.60. The van der Waals surface area contributed by atoms with Crippen LogP contribution in [0, 0.1) is 29.1 Å². The van der Waals surface area contributed by atoms with Crippen LogP contribution in [-0.2, 0) is 9.53 Å². The summed E-state index contributed by atoms with van der Waals surface area (Å²) in [7, 11) is -2.87. The van der Waals surface area contributed by atoms with Crippen molar-refractivity contribution in [3.8, 4) is 17.2 Å². The summed E-state index contributed by atoms with van der Waals surface area (Å²) in [5.41, 5.74) is 0. The molecule has 2 aromatic rings. The van der Waals surface area contributed by atoms with Gasteiger partial charge in [0.15, 0.2) is 11.8 Å². The summed E-state index contributed by atoms with van der Waals surface area (Å²) in [6.07, 6.45) is 3.16. The first-order valence-corrected chi connectivity index (χ1v) is 10.7. The van der Waals surface area contributed by atoms with Crippen molar-refractivity contribution in [1.82, 2.24) is 0 Å². The number of halogens is 5. The Morgan fingerprint density at radius 2 is 1.53 bits per heavy atom. The van der Waals surface area contributed by atoms with Crippen molar-refractivity contribution in [2.24, 2.45) is 4.74 Å². The lowest BCUT2D eigenvalue weighted by atomic mass is 10.2. The number of hydrogen-bond acceptors (Lipinski definition) is 6. The first-order chi connectivity index (χ1) is 15.2. The van der Waals surface area contributed by atoms with Crippen molar-refractivity contribution >= 4 is 14.1 Å². The number of ether oxygens (including phenoxy) is 2. The van der Waals surface area contributed by atoms with Gasteiger partial charge >= 0.3 is 14.1 Å². The number of esters is 1. The third-order valence-corrected chi connectivity index (χ3v) is 5.49. The fraction of sp³-hybridized carbons (Fsp3) is 0.350. The van der Waals surface area contributed by atoms with Gasteiger partial charge in [0, 0.05) is 0 Å². The van der Waals surface area contributed by atoms with Crippen LogP contribution in [0.25, 0.3) is 0 Å². The van der Waals surface area contributed by atoms with Crippen molar-refractivity contribution in [2.75, 3.05) is 0 Å². The molecule has 1 aliphatic rings. The van der Waals surface area contributed by atoms with Gasteiger partial charge in [-0.2, -0.15) is 8.78 Å². The summed E-state index contributed by atoms with van der Waals surface area (Å²) in [4.78, 5) is 24.3. The van der Waals surface area contributed by atoms with E-state index in [1.807, 2.05) is 0 Å². The smallest absolute Gasteiger partial charge is 0.395 e. The maximum atomic E-state index is 13.9. The Kier molecular flexibility index (Phi) is 7.63. The molecule has 0 bridgehead atoms. The molecule has 1 fully saturated rings. The van der Waals surface area contributed by atoms with Crippen LogP contribution in [0.5, 0.6) is 17.2 Å². The topological polar surface area (TPSA) is 80.2 Å². The molecular weight excluding hydrogens is 460 g/mol. The van der Waals surface area contributed by atoms with Gasteiger partial charge in [-0.1, -0.05) is 16.9 Å². The molecule has 0 spiro atoms. The molecule has 172 valence electrons. The summed E-state index contributed by atoms with van der Waals surface area (Å²) in [5, 5.41) is 0. The van der Waals surface area contributed by atoms with Crippen LogP contribution < -0.4 is 14.2 Å². The zero-order valence-corrected chi connectivity index (χ0v) is 17.5. The molecule has 2 aromatic carbocycles. The molecule has 1 saturated carbocycles. The minimum absolute atomic E-state index is 0.214. The molecule has 1 aliphatic carbocycles. The van der Waals surface area contributed by atoms with E-state index in [9.17, 15) is 31.6 Å². The van der Waals surface area contributed by atoms with Crippen LogP contribution >= 0.6 is 8.17 Å². The highest BCUT2D eigenvalue weighted by Gasteiger charge is 2.29. The van der Waals surface area contributed by atoms with Gasteiger partial charge in [-0.3, -0.25) is 4.52 Å². The quantitative estimate of drug-likeness (QED) is 0.178. The second-order valence-corrected chi connectivity index (χ2v) is 7.80. The van der Waals surface area contributed by atoms with Gasteiger partial charge in [-0.15, -0.1) is 0 Å². The van der Waals surface area contributed by atoms with E-state index in [4.69, 9.17) is 14.0 Å². The number of benzene rings is 2. The van der Waals surface area contributed by atoms with E-state index in [1.54, 1.807) is 0 Å². The summed E-state index contributed by atoms with van der Waals surface area (Å²) >= 11 is 0. The monoisotopic (exact) mass is 477 g/mol. The summed E-state index contributed by atoms with van der Waals surface area (Å²) in [6, 6.07) is 3.84. The predicted octanol–water partition coefficient (Wildman–Crippen LogP) is 5.28. The lowest BCUT2D eigenvalue weighted by Gasteiger charge is -2.13. The maximum absolute atomic E-state index is 13.9. The molecule has 1 unspecified atom stereocenters. The van der Waals surface area contributed by atoms with Crippen molar-refractivity contribution in [2.45, 2.75) is 44.8 Å². The Labute approximate surface area is 180 Å². The number of carbonyl (C=O) groups excluding carboxylic acids is 1. The van der Waals surface area contributed by atoms with Gasteiger partial charge in [0.1, 0.15) is 6.10 Å². The van der Waals surface area contributed by atoms with Crippen molar-refractivity contribution in [3.05, 3.63) is 53.4 Å². The Morgan fingerprint density at radius 3 is 2.12 bits per heavy atom. The van der Waals surface area contributed by atoms with E-state index in [2.05, 4.69) is 4.74 Å². The Hall–Kier alpha value is -2.78. The molecule has 0 heterocycles. The second-order valence-electron chi connectivity index (χ2n) is 6.91. The molecule has 0 aliphatic heterocycles. The van der Waals surface area contributed by atoms with E-state index >= 15 is 0 Å². The van der Waals surface area contributed by atoms with Gasteiger partial charge in [-0.25, -0.2) is 18.0 Å². The average molecular weight is 477 g/mol. The largest absolute Gasteiger partial charge is 0.575 e. The summed E-state index contributed by atoms with van der Waals surface area (Å²) in [5.74, 6) is -14.2. The van der Waals surface area contributed by atoms with E-state index in [0.29, 0.717) is 0 Å². The molecular formula is C20H17F5NO5P. The zero-order chi connectivity index (χ0) is 23.4. The highest BCUT2D eigenvalue weighted by molar-refractivity contribution is 7.34. The lowest BCUT2D eigenvalue weighted by Crippen LogP contribution is -2.23. The zero-order valence-electron chi connectivity index (χ0n) is 16.6. The molecule has 3 rings (SSSR count). The molecule has 32 heavy (non-hydrogen) atoms. The minimum atomic E-state index is -2.87. The Bertz CT molecular complexity index is 1020. The average Bonchev–Trinajstić information content (AvgIpc) is 3.28. The van der Waals surface area contributed by atoms with Crippen LogP contribution in [0.3, 0.4) is 0 Å². The Morgan fingerprint density at radius 1 is 1.00 bits per heavy atom. The fourth-order valence-electron chi connectivity index (χ4n) is 2.96. The first-order valence-electron chi connectivity index (χ1n) is 9.53. The molecule has 0 radical (unpaired) electrons. The van der Waals surface area contributed by atoms with Crippen LogP contribution in [0.1, 0.15) is 32.6 Å². The molecule has 6 nitrogen and oxygen atoms in total. The number of para-hydroxylation sites is 2. The standard InChI is InChI=1S/C20H17F5NO5P/c1-10(20(27)29-11-6-2-3-7-11)26-32(28)31-13-9-5-4-8-12(13)30-19-17(24)15(22)14(21)16(23)18(19)25/h4-5,8-11H,2-3,6-7H2,1H3/t10-/m0/s1. The summed E-state index contributed by atoms with van der Waals surface area (Å²) < 4.78 is 86.7. The second kappa shape index (κ2) is 10.2. The van der Waals surface area contributed by atoms with E-state index in [1.165, 1.54) is 25.1 Å². The Balaban J connectivity index is 1.77. The van der Waals surface area contributed by atoms with E-state index < -0.39 is 60.8 Å². The maximum Gasteiger partial charge on any atom is 0.395 e. The van der Waals surface area contributed by atoms with Crippen LogP contribution in [-0.4, -0.2) is 18.1 Å². The third kappa shape index (κ3) is 5.34. The molecule has 0 aromatic heterocycles. The van der Waals surface area contributed by atoms with Gasteiger partial charge in [-0.05, 0) is 44.7 Å². The molecule has 0 saturated heterocycles. The molecule has 0 amide bonds. The van der Waals surface area contributed by atoms with Gasteiger partial charge in [0.25, 0.3) is 0 Å². The minimum Gasteiger partial charge on any atom is -0.575 e. The highest BCUT2D eigenvalue weighted by atomic mass is 31.1. The molecule has 0 N–H and O–H groups in total. The highest BCUT2D eigenvalue weighted by Crippen LogP contribution is 2.39. The van der Waals surface area contributed by atoms with E-state index in [-0.39, 0.29) is 11.9 Å². The molecule has 2 atom stereocenters. The van der Waals surface area contributed by atoms with Crippen molar-refractivity contribution in [3.63, 3.8) is 0 Å². The normalized spacial score (nSPS) is 15.5. The van der Waals surface area contributed by atoms with Crippen molar-refractivity contribution in [1.29, 1.82) is 0 Å². The SMILES string of the molecule is C[C@H](N=[P+]([O-])Oc1ccccc1Oc1c(F)c(F)c(F)c(F)c1F)C(=O)OC1CCCC1. The van der Waals surface area contributed by atoms with E-state index in [0.717, 1.165) is 31.7 Å². The van der Waals surface area contributed by atoms with Crippen LogP contribution in [0.4, 0.5) is 22.0 Å². The van der Waals surface area contributed by atoms with Crippen LogP contribution in [0.2, 0.25) is 0 Å². The number of nitrogens with zero attached hydrogens (tertiary/aromatic N) is 1. The lowest BCUT2D eigenvalue weighted by molar-refractivity contribution is -0.170. The van der Waals surface area contributed by atoms with Gasteiger partial charge in [0.2, 0.25) is 40.6 Å². The fourth-order valence-corrected chi connectivity index (χ4v) is 3.70.